The maximum absolute atomic E-state index is 13.2. The molecule has 0 saturated carbocycles. The van der Waals surface area contributed by atoms with Crippen LogP contribution in [0.1, 0.15) is 55.3 Å². The summed E-state index contributed by atoms with van der Waals surface area (Å²) in [6.07, 6.45) is 0. The standard InChI is InChI=1S/C22H24N2O6/c1-14(25)29-18-12-11-17(13-19(18)30-15(2)26)21(28)24(22(3,4)5)23-20(27)16-9-7-6-8-10-16/h6-13H,1-5H3,(H,23,27). The lowest BCUT2D eigenvalue weighted by molar-refractivity contribution is -0.134. The minimum absolute atomic E-state index is 0.00452. The van der Waals surface area contributed by atoms with Gasteiger partial charge in [0.05, 0.1) is 5.54 Å². The molecule has 2 amide bonds. The van der Waals surface area contributed by atoms with Gasteiger partial charge < -0.3 is 9.47 Å². The normalized spacial score (nSPS) is 10.7. The molecular formula is C22H24N2O6. The number of ether oxygens (including phenoxy) is 2. The van der Waals surface area contributed by atoms with Crippen LogP contribution in [0.25, 0.3) is 0 Å². The Labute approximate surface area is 174 Å². The molecule has 0 radical (unpaired) electrons. The Morgan fingerprint density at radius 3 is 1.90 bits per heavy atom. The molecule has 0 spiro atoms. The van der Waals surface area contributed by atoms with Crippen LogP contribution >= 0.6 is 0 Å². The van der Waals surface area contributed by atoms with Crippen molar-refractivity contribution in [2.75, 3.05) is 0 Å². The summed E-state index contributed by atoms with van der Waals surface area (Å²) in [5, 5.41) is 1.20. The molecule has 0 bridgehead atoms. The molecule has 0 fully saturated rings. The maximum Gasteiger partial charge on any atom is 0.308 e. The van der Waals surface area contributed by atoms with Crippen molar-refractivity contribution < 1.29 is 28.7 Å². The first-order valence-corrected chi connectivity index (χ1v) is 9.20. The van der Waals surface area contributed by atoms with Gasteiger partial charge in [-0.1, -0.05) is 18.2 Å². The van der Waals surface area contributed by atoms with E-state index in [1.165, 1.54) is 37.1 Å². The van der Waals surface area contributed by atoms with E-state index in [1.807, 2.05) is 0 Å². The molecule has 2 aromatic carbocycles. The largest absolute Gasteiger partial charge is 0.423 e. The van der Waals surface area contributed by atoms with Gasteiger partial charge in [-0.3, -0.25) is 24.6 Å². The van der Waals surface area contributed by atoms with Gasteiger partial charge in [0, 0.05) is 25.0 Å². The Bertz CT molecular complexity index is 963. The summed E-state index contributed by atoms with van der Waals surface area (Å²) in [5.74, 6) is -2.30. The molecule has 8 heteroatoms. The van der Waals surface area contributed by atoms with Gasteiger partial charge in [-0.2, -0.15) is 0 Å². The Hall–Kier alpha value is -3.68. The zero-order valence-corrected chi connectivity index (χ0v) is 17.5. The molecule has 2 aromatic rings. The summed E-state index contributed by atoms with van der Waals surface area (Å²) in [6, 6.07) is 12.5. The molecule has 8 nitrogen and oxygen atoms in total. The summed E-state index contributed by atoms with van der Waals surface area (Å²) >= 11 is 0. The molecule has 0 aromatic heterocycles. The number of hydrazine groups is 1. The van der Waals surface area contributed by atoms with Gasteiger partial charge in [0.1, 0.15) is 0 Å². The molecule has 0 aliphatic carbocycles. The first kappa shape index (κ1) is 22.6. The van der Waals surface area contributed by atoms with E-state index in [1.54, 1.807) is 51.1 Å². The average Bonchev–Trinajstić information content (AvgIpc) is 2.65. The molecule has 0 unspecified atom stereocenters. The lowest BCUT2D eigenvalue weighted by Crippen LogP contribution is -2.55. The number of rotatable bonds is 4. The van der Waals surface area contributed by atoms with Gasteiger partial charge in [-0.15, -0.1) is 0 Å². The van der Waals surface area contributed by atoms with Crippen LogP contribution in [0, 0.1) is 0 Å². The number of benzene rings is 2. The van der Waals surface area contributed by atoms with Crippen LogP contribution < -0.4 is 14.9 Å². The van der Waals surface area contributed by atoms with Crippen LogP contribution in [0.2, 0.25) is 0 Å². The van der Waals surface area contributed by atoms with E-state index in [-0.39, 0.29) is 17.1 Å². The minimum atomic E-state index is -0.766. The molecule has 2 rings (SSSR count). The highest BCUT2D eigenvalue weighted by Gasteiger charge is 2.30. The van der Waals surface area contributed by atoms with Crippen molar-refractivity contribution in [2.45, 2.75) is 40.2 Å². The first-order valence-electron chi connectivity index (χ1n) is 9.20. The molecule has 1 N–H and O–H groups in total. The minimum Gasteiger partial charge on any atom is -0.423 e. The maximum atomic E-state index is 13.2. The van der Waals surface area contributed by atoms with E-state index in [9.17, 15) is 19.2 Å². The second kappa shape index (κ2) is 9.21. The van der Waals surface area contributed by atoms with E-state index in [2.05, 4.69) is 5.43 Å². The fourth-order valence-corrected chi connectivity index (χ4v) is 2.52. The third-order valence-electron chi connectivity index (χ3n) is 3.82. The second-order valence-electron chi connectivity index (χ2n) is 7.47. The summed E-state index contributed by atoms with van der Waals surface area (Å²) in [7, 11) is 0. The van der Waals surface area contributed by atoms with Crippen LogP contribution in [-0.4, -0.2) is 34.3 Å². The lowest BCUT2D eigenvalue weighted by atomic mass is 10.1. The highest BCUT2D eigenvalue weighted by atomic mass is 16.6. The Morgan fingerprint density at radius 1 is 0.800 bits per heavy atom. The summed E-state index contributed by atoms with van der Waals surface area (Å²) < 4.78 is 10.1. The predicted octanol–water partition coefficient (Wildman–Crippen LogP) is 3.12. The number of carbonyl (C=O) groups excluding carboxylic acids is 4. The predicted molar refractivity (Wildman–Crippen MR) is 109 cm³/mol. The molecule has 0 aliphatic heterocycles. The topological polar surface area (TPSA) is 102 Å². The third kappa shape index (κ3) is 5.91. The number of nitrogens with one attached hydrogen (secondary N) is 1. The van der Waals surface area contributed by atoms with Crippen LogP contribution in [0.4, 0.5) is 0 Å². The number of hydrogen-bond donors (Lipinski definition) is 1. The molecule has 0 aliphatic rings. The van der Waals surface area contributed by atoms with Gasteiger partial charge in [0.2, 0.25) is 0 Å². The Balaban J connectivity index is 2.38. The van der Waals surface area contributed by atoms with Crippen molar-refractivity contribution >= 4 is 23.8 Å². The average molecular weight is 412 g/mol. The van der Waals surface area contributed by atoms with Crippen molar-refractivity contribution in [2.24, 2.45) is 0 Å². The quantitative estimate of drug-likeness (QED) is 0.470. The number of carbonyl (C=O) groups is 4. The third-order valence-corrected chi connectivity index (χ3v) is 3.82. The van der Waals surface area contributed by atoms with Crippen molar-refractivity contribution in [1.82, 2.24) is 10.4 Å². The summed E-state index contributed by atoms with van der Waals surface area (Å²) in [5.41, 5.74) is 2.39. The van der Waals surface area contributed by atoms with Crippen LogP contribution in [-0.2, 0) is 9.59 Å². The molecule has 0 heterocycles. The second-order valence-corrected chi connectivity index (χ2v) is 7.47. The zero-order valence-electron chi connectivity index (χ0n) is 17.5. The smallest absolute Gasteiger partial charge is 0.308 e. The summed E-state index contributed by atoms with van der Waals surface area (Å²) in [6.45, 7) is 7.67. The van der Waals surface area contributed by atoms with E-state index >= 15 is 0 Å². The molecule has 0 atom stereocenters. The van der Waals surface area contributed by atoms with Gasteiger partial charge >= 0.3 is 11.9 Å². The SMILES string of the molecule is CC(=O)Oc1ccc(C(=O)N(NC(=O)c2ccccc2)C(C)(C)C)cc1OC(C)=O. The van der Waals surface area contributed by atoms with Crippen LogP contribution in [0.5, 0.6) is 11.5 Å². The van der Waals surface area contributed by atoms with E-state index in [4.69, 9.17) is 9.47 Å². The van der Waals surface area contributed by atoms with Crippen molar-refractivity contribution in [3.63, 3.8) is 0 Å². The first-order chi connectivity index (χ1) is 14.0. The van der Waals surface area contributed by atoms with Crippen LogP contribution in [0.15, 0.2) is 48.5 Å². The van der Waals surface area contributed by atoms with E-state index < -0.39 is 29.3 Å². The Morgan fingerprint density at radius 2 is 1.37 bits per heavy atom. The van der Waals surface area contributed by atoms with Crippen LogP contribution in [0.3, 0.4) is 0 Å². The number of nitrogens with zero attached hydrogens (tertiary/aromatic N) is 1. The summed E-state index contributed by atoms with van der Waals surface area (Å²) in [4.78, 5) is 48.5. The number of amides is 2. The number of esters is 2. The lowest BCUT2D eigenvalue weighted by Gasteiger charge is -2.35. The molecule has 30 heavy (non-hydrogen) atoms. The highest BCUT2D eigenvalue weighted by Crippen LogP contribution is 2.30. The Kier molecular flexibility index (Phi) is 6.94. The molecule has 0 saturated heterocycles. The van der Waals surface area contributed by atoms with E-state index in [0.29, 0.717) is 5.56 Å². The fourth-order valence-electron chi connectivity index (χ4n) is 2.52. The van der Waals surface area contributed by atoms with Gasteiger partial charge in [0.15, 0.2) is 11.5 Å². The molecular weight excluding hydrogens is 388 g/mol. The van der Waals surface area contributed by atoms with Gasteiger partial charge in [0.25, 0.3) is 11.8 Å². The van der Waals surface area contributed by atoms with Crippen molar-refractivity contribution in [1.29, 1.82) is 0 Å². The van der Waals surface area contributed by atoms with E-state index in [0.717, 1.165) is 0 Å². The van der Waals surface area contributed by atoms with Crippen molar-refractivity contribution in [3.8, 4) is 11.5 Å². The van der Waals surface area contributed by atoms with Gasteiger partial charge in [-0.05, 0) is 51.1 Å². The fraction of sp³-hybridized carbons (Fsp3) is 0.273. The molecule has 158 valence electrons. The van der Waals surface area contributed by atoms with Gasteiger partial charge in [-0.25, -0.2) is 5.01 Å². The monoisotopic (exact) mass is 412 g/mol. The highest BCUT2D eigenvalue weighted by molar-refractivity contribution is 6.00. The zero-order chi connectivity index (χ0) is 22.5. The number of hydrogen-bond acceptors (Lipinski definition) is 6. The van der Waals surface area contributed by atoms with Crippen molar-refractivity contribution in [3.05, 3.63) is 59.7 Å².